The Morgan fingerprint density at radius 2 is 1.25 bits per heavy atom. The van der Waals surface area contributed by atoms with E-state index < -0.39 is 19.5 Å². The van der Waals surface area contributed by atoms with Crippen molar-refractivity contribution in [2.24, 2.45) is 0 Å². The smallest absolute Gasteiger partial charge is 0.360 e. The lowest BCUT2D eigenvalue weighted by atomic mass is 10.1. The molecule has 8 heteroatoms. The number of ether oxygens (including phenoxy) is 2. The molecule has 0 amide bonds. The van der Waals surface area contributed by atoms with E-state index in [9.17, 15) is 14.2 Å². The maximum Gasteiger partial charge on any atom is 0.360 e. The van der Waals surface area contributed by atoms with Crippen LogP contribution in [0.5, 0.6) is 0 Å². The van der Waals surface area contributed by atoms with E-state index in [-0.39, 0.29) is 16.4 Å². The lowest BCUT2D eigenvalue weighted by Gasteiger charge is -2.15. The van der Waals surface area contributed by atoms with Gasteiger partial charge in [0, 0.05) is 14.2 Å². The fraction of sp³-hybridized carbons (Fsp3) is 0.333. The molecule has 0 spiro atoms. The molecule has 0 fully saturated rings. The number of carbonyl (C=O) groups excluding carboxylic acids is 2. The second-order valence-corrected chi connectivity index (χ2v) is 5.86. The Labute approximate surface area is 116 Å². The van der Waals surface area contributed by atoms with E-state index in [1.54, 1.807) is 0 Å². The largest absolute Gasteiger partial charge is 0.465 e. The van der Waals surface area contributed by atoms with Gasteiger partial charge in [-0.3, -0.25) is 4.57 Å². The Balaban J connectivity index is 3.49. The predicted molar refractivity (Wildman–Crippen MR) is 70.4 cm³/mol. The summed E-state index contributed by atoms with van der Waals surface area (Å²) in [7, 11) is 1.19. The van der Waals surface area contributed by atoms with Crippen LogP contribution in [0, 0.1) is 0 Å². The average Bonchev–Trinajstić information content (AvgIpc) is 2.51. The van der Waals surface area contributed by atoms with Gasteiger partial charge in [-0.2, -0.15) is 0 Å². The van der Waals surface area contributed by atoms with Crippen molar-refractivity contribution in [3.05, 3.63) is 29.3 Å². The summed E-state index contributed by atoms with van der Waals surface area (Å²) in [5, 5.41) is 0.0609. The Bertz CT molecular complexity index is 525. The first-order chi connectivity index (χ1) is 9.41. The molecule has 0 aliphatic heterocycles. The number of methoxy groups -OCH3 is 2. The minimum absolute atomic E-state index is 0.0414. The summed E-state index contributed by atoms with van der Waals surface area (Å²) < 4.78 is 31.2. The molecule has 0 atom stereocenters. The first-order valence-corrected chi connectivity index (χ1v) is 7.00. The van der Waals surface area contributed by atoms with Crippen molar-refractivity contribution in [2.45, 2.75) is 0 Å². The molecule has 1 aromatic carbocycles. The fourth-order valence-corrected chi connectivity index (χ4v) is 2.69. The monoisotopic (exact) mass is 302 g/mol. The maximum atomic E-state index is 12.3. The lowest BCUT2D eigenvalue weighted by Crippen LogP contribution is -2.15. The highest BCUT2D eigenvalue weighted by Crippen LogP contribution is 2.45. The minimum atomic E-state index is -3.60. The van der Waals surface area contributed by atoms with Gasteiger partial charge in [-0.1, -0.05) is 0 Å². The highest BCUT2D eigenvalue weighted by atomic mass is 31.2. The molecular weight excluding hydrogens is 287 g/mol. The summed E-state index contributed by atoms with van der Waals surface area (Å²) in [4.78, 5) is 23.2. The van der Waals surface area contributed by atoms with Crippen LogP contribution < -0.4 is 5.30 Å². The molecule has 0 unspecified atom stereocenters. The van der Waals surface area contributed by atoms with Crippen molar-refractivity contribution in [2.75, 3.05) is 28.4 Å². The predicted octanol–water partition coefficient (Wildman–Crippen LogP) is 1.37. The average molecular weight is 302 g/mol. The third-order valence-corrected chi connectivity index (χ3v) is 4.41. The van der Waals surface area contributed by atoms with Crippen LogP contribution in [-0.4, -0.2) is 40.4 Å². The second kappa shape index (κ2) is 6.65. The summed E-state index contributed by atoms with van der Waals surface area (Å²) in [6.07, 6.45) is 0. The molecule has 0 N–H and O–H groups in total. The van der Waals surface area contributed by atoms with Crippen LogP contribution in [0.2, 0.25) is 0 Å². The van der Waals surface area contributed by atoms with Crippen LogP contribution in [0.25, 0.3) is 0 Å². The van der Waals surface area contributed by atoms with Crippen LogP contribution in [-0.2, 0) is 23.1 Å². The molecule has 1 rings (SSSR count). The van der Waals surface area contributed by atoms with E-state index in [1.165, 1.54) is 46.6 Å². The van der Waals surface area contributed by atoms with Gasteiger partial charge in [-0.25, -0.2) is 9.59 Å². The molecule has 0 aliphatic rings. The van der Waals surface area contributed by atoms with E-state index >= 15 is 0 Å². The summed E-state index contributed by atoms with van der Waals surface area (Å²) in [6, 6.07) is 3.84. The second-order valence-electron chi connectivity index (χ2n) is 3.61. The van der Waals surface area contributed by atoms with Crippen LogP contribution in [0.1, 0.15) is 20.7 Å². The first kappa shape index (κ1) is 16.4. The van der Waals surface area contributed by atoms with Crippen LogP contribution >= 0.6 is 7.60 Å². The van der Waals surface area contributed by atoms with Gasteiger partial charge in [-0.15, -0.1) is 0 Å². The summed E-state index contributed by atoms with van der Waals surface area (Å²) >= 11 is 0. The molecule has 7 nitrogen and oxygen atoms in total. The van der Waals surface area contributed by atoms with Gasteiger partial charge < -0.3 is 18.5 Å². The molecule has 110 valence electrons. The highest BCUT2D eigenvalue weighted by Gasteiger charge is 2.27. The van der Waals surface area contributed by atoms with Crippen molar-refractivity contribution < 1.29 is 32.7 Å². The van der Waals surface area contributed by atoms with Crippen LogP contribution in [0.4, 0.5) is 0 Å². The molecular formula is C12H15O7P. The van der Waals surface area contributed by atoms with E-state index in [4.69, 9.17) is 9.05 Å². The number of carbonyl (C=O) groups is 2. The van der Waals surface area contributed by atoms with Crippen molar-refractivity contribution in [3.63, 3.8) is 0 Å². The number of esters is 2. The summed E-state index contributed by atoms with van der Waals surface area (Å²) in [6.45, 7) is 0. The van der Waals surface area contributed by atoms with Crippen molar-refractivity contribution in [3.8, 4) is 0 Å². The number of rotatable bonds is 5. The molecule has 20 heavy (non-hydrogen) atoms. The molecule has 0 heterocycles. The van der Waals surface area contributed by atoms with Gasteiger partial charge in [0.2, 0.25) is 0 Å². The van der Waals surface area contributed by atoms with E-state index in [1.807, 2.05) is 0 Å². The van der Waals surface area contributed by atoms with Crippen molar-refractivity contribution >= 4 is 24.8 Å². The Hall–Kier alpha value is -1.69. The quantitative estimate of drug-likeness (QED) is 0.599. The van der Waals surface area contributed by atoms with E-state index in [0.717, 1.165) is 0 Å². The normalized spacial score (nSPS) is 11.0. The first-order valence-electron chi connectivity index (χ1n) is 5.45. The van der Waals surface area contributed by atoms with E-state index in [2.05, 4.69) is 9.47 Å². The number of hydrogen-bond acceptors (Lipinski definition) is 7. The number of benzene rings is 1. The number of hydrogen-bond donors (Lipinski definition) is 0. The molecule has 0 saturated carbocycles. The Kier molecular flexibility index (Phi) is 5.44. The van der Waals surface area contributed by atoms with Gasteiger partial charge in [0.05, 0.1) is 30.7 Å². The Morgan fingerprint density at radius 3 is 1.55 bits per heavy atom. The van der Waals surface area contributed by atoms with Crippen LogP contribution in [0.15, 0.2) is 18.2 Å². The molecule has 0 saturated heterocycles. The lowest BCUT2D eigenvalue weighted by molar-refractivity contribution is 0.0599. The van der Waals surface area contributed by atoms with Gasteiger partial charge >= 0.3 is 19.5 Å². The fourth-order valence-electron chi connectivity index (χ4n) is 1.53. The molecule has 1 aromatic rings. The molecule has 0 aliphatic carbocycles. The molecule has 0 radical (unpaired) electrons. The third kappa shape index (κ3) is 3.25. The minimum Gasteiger partial charge on any atom is -0.465 e. The van der Waals surface area contributed by atoms with E-state index in [0.29, 0.717) is 0 Å². The molecule has 0 aromatic heterocycles. The highest BCUT2D eigenvalue weighted by molar-refractivity contribution is 7.62. The van der Waals surface area contributed by atoms with Crippen molar-refractivity contribution in [1.29, 1.82) is 0 Å². The zero-order valence-corrected chi connectivity index (χ0v) is 12.4. The van der Waals surface area contributed by atoms with Gasteiger partial charge in [0.15, 0.2) is 0 Å². The van der Waals surface area contributed by atoms with Crippen molar-refractivity contribution in [1.82, 2.24) is 0 Å². The third-order valence-electron chi connectivity index (χ3n) is 2.56. The van der Waals surface area contributed by atoms with Gasteiger partial charge in [0.25, 0.3) is 0 Å². The summed E-state index contributed by atoms with van der Waals surface area (Å²) in [5.74, 6) is -1.37. The van der Waals surface area contributed by atoms with Crippen LogP contribution in [0.3, 0.4) is 0 Å². The summed E-state index contributed by atoms with van der Waals surface area (Å²) in [5.41, 5.74) is 0.0828. The van der Waals surface area contributed by atoms with Gasteiger partial charge in [-0.05, 0) is 18.2 Å². The molecule has 0 bridgehead atoms. The Morgan fingerprint density at radius 1 is 0.850 bits per heavy atom. The topological polar surface area (TPSA) is 88.1 Å². The maximum absolute atomic E-state index is 12.3. The standard InChI is InChI=1S/C12H15O7P/c1-16-11(13)8-5-9(12(14)17-2)7-10(6-8)20(15,18-3)19-4/h5-7H,1-4H3. The zero-order valence-electron chi connectivity index (χ0n) is 11.5. The van der Waals surface area contributed by atoms with Gasteiger partial charge in [0.1, 0.15) is 0 Å². The SMILES string of the molecule is COC(=O)c1cc(C(=O)OC)cc(P(=O)(OC)OC)c1. The zero-order chi connectivity index (χ0) is 15.3.